The zero-order valence-corrected chi connectivity index (χ0v) is 11.4. The third-order valence-electron chi connectivity index (χ3n) is 3.52. The number of aliphatic carboxylic acids is 1. The van der Waals surface area contributed by atoms with Crippen LogP contribution in [0.3, 0.4) is 0 Å². The van der Waals surface area contributed by atoms with E-state index >= 15 is 0 Å². The van der Waals surface area contributed by atoms with Crippen molar-refractivity contribution in [2.45, 2.75) is 5.92 Å². The van der Waals surface area contributed by atoms with Gasteiger partial charge in [-0.3, -0.25) is 4.79 Å². The maximum atomic E-state index is 11.8. The number of ether oxygens (including phenoxy) is 1. The molecule has 1 aliphatic heterocycles. The number of carboxylic acids is 1. The highest BCUT2D eigenvalue weighted by Crippen LogP contribution is 2.34. The molecule has 112 valence electrons. The van der Waals surface area contributed by atoms with E-state index in [0.717, 1.165) is 0 Å². The molecule has 1 aromatic rings. The van der Waals surface area contributed by atoms with Gasteiger partial charge >= 0.3 is 12.1 Å². The van der Waals surface area contributed by atoms with E-state index in [4.69, 9.17) is 4.74 Å². The lowest BCUT2D eigenvalue weighted by Crippen LogP contribution is -2.30. The van der Waals surface area contributed by atoms with E-state index in [-0.39, 0.29) is 31.4 Å². The second-order valence-corrected chi connectivity index (χ2v) is 4.92. The summed E-state index contributed by atoms with van der Waals surface area (Å²) in [6.45, 7) is 3.88. The van der Waals surface area contributed by atoms with Crippen LogP contribution < -0.4 is 0 Å². The molecule has 0 radical (unpaired) electrons. The predicted molar refractivity (Wildman–Crippen MR) is 75.1 cm³/mol. The first-order valence-electron chi connectivity index (χ1n) is 6.57. The van der Waals surface area contributed by atoms with Crippen LogP contribution in [0.1, 0.15) is 11.5 Å². The summed E-state index contributed by atoms with van der Waals surface area (Å²) in [5.74, 6) is -1.99. The van der Waals surface area contributed by atoms with Gasteiger partial charge in [-0.2, -0.15) is 0 Å². The van der Waals surface area contributed by atoms with Crippen molar-refractivity contribution in [1.82, 2.24) is 4.90 Å². The van der Waals surface area contributed by atoms with Crippen molar-refractivity contribution in [2.75, 3.05) is 19.7 Å². The number of benzene rings is 1. The molecule has 21 heavy (non-hydrogen) atoms. The molecule has 0 spiro atoms. The topological polar surface area (TPSA) is 87.1 Å². The standard InChI is InChI=1S/C15H17NO5/c1-2-6-21-15(20)16-8-12(13(9-16)14(18)19)10-4-3-5-11(17)7-10/h2-5,7,12-13,17H,1,6,8-9H2,(H,18,19)/t12-,13+/m0/s1. The molecule has 0 unspecified atom stereocenters. The van der Waals surface area contributed by atoms with Gasteiger partial charge in [-0.15, -0.1) is 0 Å². The van der Waals surface area contributed by atoms with E-state index in [1.54, 1.807) is 12.1 Å². The lowest BCUT2D eigenvalue weighted by Gasteiger charge is -2.16. The minimum atomic E-state index is -0.970. The fraction of sp³-hybridized carbons (Fsp3) is 0.333. The number of carboxylic acid groups (broad SMARTS) is 1. The fourth-order valence-electron chi connectivity index (χ4n) is 2.52. The number of likely N-dealkylation sites (tertiary alicyclic amines) is 1. The van der Waals surface area contributed by atoms with Crippen molar-refractivity contribution >= 4 is 12.1 Å². The first-order valence-corrected chi connectivity index (χ1v) is 6.57. The molecule has 6 heteroatoms. The summed E-state index contributed by atoms with van der Waals surface area (Å²) in [6, 6.07) is 6.45. The molecule has 0 saturated carbocycles. The molecule has 2 atom stereocenters. The predicted octanol–water partition coefficient (Wildman–Crippen LogP) is 1.81. The molecule has 1 saturated heterocycles. The summed E-state index contributed by atoms with van der Waals surface area (Å²) in [5.41, 5.74) is 0.696. The number of carbonyl (C=O) groups is 2. The summed E-state index contributed by atoms with van der Waals surface area (Å²) in [5, 5.41) is 18.9. The highest BCUT2D eigenvalue weighted by atomic mass is 16.6. The Balaban J connectivity index is 2.18. The van der Waals surface area contributed by atoms with Gasteiger partial charge < -0.3 is 19.8 Å². The van der Waals surface area contributed by atoms with Crippen LogP contribution in [0.4, 0.5) is 4.79 Å². The van der Waals surface area contributed by atoms with Crippen LogP contribution in [0.25, 0.3) is 0 Å². The molecule has 1 amide bonds. The van der Waals surface area contributed by atoms with Gasteiger partial charge in [-0.1, -0.05) is 24.8 Å². The maximum Gasteiger partial charge on any atom is 0.410 e. The Labute approximate surface area is 122 Å². The van der Waals surface area contributed by atoms with Gasteiger partial charge in [0.05, 0.1) is 5.92 Å². The van der Waals surface area contributed by atoms with Crippen LogP contribution in [-0.2, 0) is 9.53 Å². The average Bonchev–Trinajstić information content (AvgIpc) is 2.90. The second kappa shape index (κ2) is 6.30. The third kappa shape index (κ3) is 3.34. The minimum Gasteiger partial charge on any atom is -0.508 e. The molecule has 1 heterocycles. The molecule has 1 aromatic carbocycles. The zero-order chi connectivity index (χ0) is 15.4. The van der Waals surface area contributed by atoms with Crippen LogP contribution in [0, 0.1) is 5.92 Å². The Bertz CT molecular complexity index is 557. The lowest BCUT2D eigenvalue weighted by molar-refractivity contribution is -0.141. The number of amides is 1. The van der Waals surface area contributed by atoms with Crippen molar-refractivity contribution in [1.29, 1.82) is 0 Å². The summed E-state index contributed by atoms with van der Waals surface area (Å²) < 4.78 is 4.94. The number of carbonyl (C=O) groups excluding carboxylic acids is 1. The Hall–Kier alpha value is -2.50. The number of hydrogen-bond acceptors (Lipinski definition) is 4. The summed E-state index contributed by atoms with van der Waals surface area (Å²) in [7, 11) is 0. The van der Waals surface area contributed by atoms with Gasteiger partial charge in [0.15, 0.2) is 0 Å². The number of hydrogen-bond donors (Lipinski definition) is 2. The lowest BCUT2D eigenvalue weighted by atomic mass is 9.89. The van der Waals surface area contributed by atoms with Gasteiger partial charge in [0, 0.05) is 19.0 Å². The average molecular weight is 291 g/mol. The number of aromatic hydroxyl groups is 1. The fourth-order valence-corrected chi connectivity index (χ4v) is 2.52. The van der Waals surface area contributed by atoms with Crippen molar-refractivity contribution in [3.8, 4) is 5.75 Å². The number of rotatable bonds is 4. The minimum absolute atomic E-state index is 0.0734. The molecule has 0 bridgehead atoms. The van der Waals surface area contributed by atoms with Gasteiger partial charge in [0.1, 0.15) is 12.4 Å². The first kappa shape index (κ1) is 14.9. The van der Waals surface area contributed by atoms with Crippen LogP contribution in [0.2, 0.25) is 0 Å². The van der Waals surface area contributed by atoms with Gasteiger partial charge in [-0.05, 0) is 17.7 Å². The van der Waals surface area contributed by atoms with Gasteiger partial charge in [-0.25, -0.2) is 4.79 Å². The molecule has 6 nitrogen and oxygen atoms in total. The smallest absolute Gasteiger partial charge is 0.410 e. The van der Waals surface area contributed by atoms with Crippen LogP contribution >= 0.6 is 0 Å². The van der Waals surface area contributed by atoms with Crippen LogP contribution in [0.5, 0.6) is 5.75 Å². The number of nitrogens with zero attached hydrogens (tertiary/aromatic N) is 1. The van der Waals surface area contributed by atoms with Gasteiger partial charge in [0.2, 0.25) is 0 Å². The largest absolute Gasteiger partial charge is 0.508 e. The normalized spacial score (nSPS) is 21.0. The summed E-state index contributed by atoms with van der Waals surface area (Å²) in [4.78, 5) is 24.6. The highest BCUT2D eigenvalue weighted by Gasteiger charge is 2.41. The monoisotopic (exact) mass is 291 g/mol. The van der Waals surface area contributed by atoms with Crippen LogP contribution in [0.15, 0.2) is 36.9 Å². The molecular weight excluding hydrogens is 274 g/mol. The molecule has 2 N–H and O–H groups in total. The summed E-state index contributed by atoms with van der Waals surface area (Å²) in [6.07, 6.45) is 0.902. The van der Waals surface area contributed by atoms with Crippen molar-refractivity contribution < 1.29 is 24.5 Å². The first-order chi connectivity index (χ1) is 10.0. The van der Waals surface area contributed by atoms with E-state index in [0.29, 0.717) is 5.56 Å². The molecule has 0 aliphatic carbocycles. The highest BCUT2D eigenvalue weighted by molar-refractivity contribution is 5.75. The van der Waals surface area contributed by atoms with Crippen LogP contribution in [-0.4, -0.2) is 46.9 Å². The number of phenols is 1. The maximum absolute atomic E-state index is 11.8. The Morgan fingerprint density at radius 2 is 2.19 bits per heavy atom. The van der Waals surface area contributed by atoms with Gasteiger partial charge in [0.25, 0.3) is 0 Å². The SMILES string of the molecule is C=CCOC(=O)N1C[C@@H](C(=O)O)[C@H](c2cccc(O)c2)C1. The Kier molecular flexibility index (Phi) is 4.47. The van der Waals surface area contributed by atoms with Crippen molar-refractivity contribution in [3.63, 3.8) is 0 Å². The van der Waals surface area contributed by atoms with E-state index in [1.165, 1.54) is 23.1 Å². The molecule has 1 fully saturated rings. The van der Waals surface area contributed by atoms with E-state index in [1.807, 2.05) is 0 Å². The Morgan fingerprint density at radius 1 is 1.43 bits per heavy atom. The van der Waals surface area contributed by atoms with Crippen molar-refractivity contribution in [2.24, 2.45) is 5.92 Å². The zero-order valence-electron chi connectivity index (χ0n) is 11.4. The molecule has 1 aliphatic rings. The van der Waals surface area contributed by atoms with E-state index < -0.39 is 18.0 Å². The van der Waals surface area contributed by atoms with E-state index in [9.17, 15) is 19.8 Å². The molecule has 0 aromatic heterocycles. The quantitative estimate of drug-likeness (QED) is 0.826. The molecule has 2 rings (SSSR count). The number of phenolic OH excluding ortho intramolecular Hbond substituents is 1. The molecular formula is C15H17NO5. The third-order valence-corrected chi connectivity index (χ3v) is 3.52. The van der Waals surface area contributed by atoms with E-state index in [2.05, 4.69) is 6.58 Å². The summed E-state index contributed by atoms with van der Waals surface area (Å²) >= 11 is 0. The Morgan fingerprint density at radius 3 is 2.81 bits per heavy atom. The second-order valence-electron chi connectivity index (χ2n) is 4.92. The van der Waals surface area contributed by atoms with Crippen molar-refractivity contribution in [3.05, 3.63) is 42.5 Å².